The van der Waals surface area contributed by atoms with Gasteiger partial charge in [0.1, 0.15) is 11.5 Å². The number of methoxy groups -OCH3 is 1. The Hall–Kier alpha value is -3.35. The van der Waals surface area contributed by atoms with Crippen LogP contribution in [0.15, 0.2) is 48.5 Å². The van der Waals surface area contributed by atoms with Crippen LogP contribution in [0.5, 0.6) is 11.5 Å². The molecule has 2 heterocycles. The van der Waals surface area contributed by atoms with Crippen molar-refractivity contribution in [1.82, 2.24) is 10.2 Å². The van der Waals surface area contributed by atoms with Crippen molar-refractivity contribution in [2.75, 3.05) is 20.3 Å². The topological polar surface area (TPSA) is 84.9 Å². The number of carbonyl (C=O) groups excluding carboxylic acids is 3. The van der Waals surface area contributed by atoms with Crippen molar-refractivity contribution in [2.24, 2.45) is 0 Å². The van der Waals surface area contributed by atoms with Gasteiger partial charge in [0.05, 0.1) is 20.3 Å². The van der Waals surface area contributed by atoms with E-state index in [1.807, 2.05) is 6.07 Å². The van der Waals surface area contributed by atoms with E-state index in [4.69, 9.17) is 9.47 Å². The van der Waals surface area contributed by atoms with Gasteiger partial charge in [-0.1, -0.05) is 18.2 Å². The molecular weight excluding hydrogens is 348 g/mol. The first kappa shape index (κ1) is 17.1. The maximum Gasteiger partial charge on any atom is 0.325 e. The Bertz CT molecular complexity index is 924. The van der Waals surface area contributed by atoms with E-state index in [0.29, 0.717) is 35.7 Å². The van der Waals surface area contributed by atoms with E-state index < -0.39 is 17.5 Å². The number of ketones is 1. The summed E-state index contributed by atoms with van der Waals surface area (Å²) in [7, 11) is 1.54. The zero-order valence-corrected chi connectivity index (χ0v) is 14.7. The number of Topliss-reactive ketones (excluding diaryl/α,β-unsaturated/α-hetero) is 1. The Morgan fingerprint density at radius 3 is 2.67 bits per heavy atom. The number of para-hydroxylation sites is 1. The van der Waals surface area contributed by atoms with Crippen molar-refractivity contribution < 1.29 is 23.9 Å². The highest BCUT2D eigenvalue weighted by molar-refractivity contribution is 6.11. The van der Waals surface area contributed by atoms with Gasteiger partial charge in [-0.15, -0.1) is 0 Å². The number of benzene rings is 2. The van der Waals surface area contributed by atoms with Gasteiger partial charge >= 0.3 is 6.03 Å². The molecule has 1 N–H and O–H groups in total. The fourth-order valence-electron chi connectivity index (χ4n) is 3.53. The van der Waals surface area contributed by atoms with Gasteiger partial charge in [-0.05, 0) is 30.3 Å². The number of hydrogen-bond acceptors (Lipinski definition) is 5. The molecule has 1 fully saturated rings. The summed E-state index contributed by atoms with van der Waals surface area (Å²) in [4.78, 5) is 39.2. The van der Waals surface area contributed by atoms with Crippen molar-refractivity contribution in [3.8, 4) is 11.5 Å². The molecule has 2 aromatic carbocycles. The molecule has 138 valence electrons. The number of hydrogen-bond donors (Lipinski definition) is 1. The molecule has 0 saturated carbocycles. The summed E-state index contributed by atoms with van der Waals surface area (Å²) in [6.45, 7) is -0.00886. The van der Waals surface area contributed by atoms with E-state index in [0.717, 1.165) is 4.90 Å². The maximum atomic E-state index is 13.1. The summed E-state index contributed by atoms with van der Waals surface area (Å²) < 4.78 is 10.7. The number of imide groups is 1. The molecule has 0 unspecified atom stereocenters. The highest BCUT2D eigenvalue weighted by Gasteiger charge is 2.55. The van der Waals surface area contributed by atoms with Gasteiger partial charge in [0.25, 0.3) is 5.91 Å². The molecule has 2 aliphatic rings. The predicted octanol–water partition coefficient (Wildman–Crippen LogP) is 2.11. The average molecular weight is 366 g/mol. The van der Waals surface area contributed by atoms with E-state index in [1.54, 1.807) is 42.5 Å². The Labute approximate surface area is 155 Å². The lowest BCUT2D eigenvalue weighted by Crippen LogP contribution is -2.47. The molecule has 0 bridgehead atoms. The van der Waals surface area contributed by atoms with Crippen LogP contribution in [-0.4, -0.2) is 42.9 Å². The normalized spacial score (nSPS) is 20.9. The van der Waals surface area contributed by atoms with Gasteiger partial charge in [0.2, 0.25) is 0 Å². The smallest absolute Gasteiger partial charge is 0.325 e. The number of amides is 3. The van der Waals surface area contributed by atoms with Gasteiger partial charge in [-0.25, -0.2) is 4.79 Å². The van der Waals surface area contributed by atoms with Gasteiger partial charge in [-0.2, -0.15) is 0 Å². The molecule has 1 atom stereocenters. The number of carbonyl (C=O) groups is 3. The minimum absolute atomic E-state index is 0.309. The molecule has 7 heteroatoms. The van der Waals surface area contributed by atoms with E-state index >= 15 is 0 Å². The van der Waals surface area contributed by atoms with Gasteiger partial charge in [0, 0.05) is 17.5 Å². The number of nitrogens with zero attached hydrogens (tertiary/aromatic N) is 1. The van der Waals surface area contributed by atoms with Crippen LogP contribution in [0.2, 0.25) is 0 Å². The minimum Gasteiger partial charge on any atom is -0.497 e. The van der Waals surface area contributed by atoms with Gasteiger partial charge in [0.15, 0.2) is 11.3 Å². The van der Waals surface area contributed by atoms with Crippen LogP contribution in [0.3, 0.4) is 0 Å². The Morgan fingerprint density at radius 2 is 1.93 bits per heavy atom. The van der Waals surface area contributed by atoms with Crippen LogP contribution < -0.4 is 14.8 Å². The van der Waals surface area contributed by atoms with Crippen molar-refractivity contribution in [2.45, 2.75) is 12.0 Å². The maximum absolute atomic E-state index is 13.1. The van der Waals surface area contributed by atoms with Gasteiger partial charge < -0.3 is 14.8 Å². The van der Waals surface area contributed by atoms with Crippen molar-refractivity contribution in [3.05, 3.63) is 59.7 Å². The number of urea groups is 1. The molecular formula is C20H18N2O5. The third-order valence-corrected chi connectivity index (χ3v) is 4.97. The monoisotopic (exact) mass is 366 g/mol. The third kappa shape index (κ3) is 2.71. The largest absolute Gasteiger partial charge is 0.497 e. The molecule has 7 nitrogen and oxygen atoms in total. The Kier molecular flexibility index (Phi) is 4.07. The second-order valence-corrected chi connectivity index (χ2v) is 6.47. The first-order valence-corrected chi connectivity index (χ1v) is 8.59. The quantitative estimate of drug-likeness (QED) is 0.662. The summed E-state index contributed by atoms with van der Waals surface area (Å²) in [5.74, 6) is 0.448. The second-order valence-electron chi connectivity index (χ2n) is 6.47. The number of fused-ring (bicyclic) bond motifs is 2. The standard InChI is InChI=1S/C20H18N2O5/c1-26-14-8-6-13(7-9-14)16(23)12-22-18(24)20(21-19(22)25)10-11-27-17-5-3-2-4-15(17)20/h2-9H,10-12H2,1H3,(H,21,25)/t20-/m0/s1. The number of rotatable bonds is 4. The van der Waals surface area contributed by atoms with Crippen molar-refractivity contribution in [1.29, 1.82) is 0 Å². The molecule has 3 amide bonds. The van der Waals surface area contributed by atoms with Crippen LogP contribution in [0.4, 0.5) is 4.79 Å². The number of ether oxygens (including phenoxy) is 2. The van der Waals surface area contributed by atoms with Crippen molar-refractivity contribution in [3.63, 3.8) is 0 Å². The van der Waals surface area contributed by atoms with Crippen LogP contribution in [0.1, 0.15) is 22.3 Å². The molecule has 0 aromatic heterocycles. The summed E-state index contributed by atoms with van der Waals surface area (Å²) in [5, 5.41) is 2.79. The number of nitrogens with one attached hydrogen (secondary N) is 1. The molecule has 1 saturated heterocycles. The van der Waals surface area contributed by atoms with Crippen LogP contribution in [-0.2, 0) is 10.3 Å². The lowest BCUT2D eigenvalue weighted by molar-refractivity contribution is -0.132. The first-order valence-electron chi connectivity index (χ1n) is 8.59. The molecule has 1 spiro atoms. The van der Waals surface area contributed by atoms with Crippen molar-refractivity contribution >= 4 is 17.7 Å². The predicted molar refractivity (Wildman–Crippen MR) is 95.8 cm³/mol. The average Bonchev–Trinajstić information content (AvgIpc) is 2.93. The Balaban J connectivity index is 1.60. The van der Waals surface area contributed by atoms with Crippen LogP contribution in [0.25, 0.3) is 0 Å². The molecule has 2 aromatic rings. The molecule has 27 heavy (non-hydrogen) atoms. The lowest BCUT2D eigenvalue weighted by atomic mass is 9.84. The highest BCUT2D eigenvalue weighted by Crippen LogP contribution is 2.40. The lowest BCUT2D eigenvalue weighted by Gasteiger charge is -2.33. The fraction of sp³-hybridized carbons (Fsp3) is 0.250. The van der Waals surface area contributed by atoms with E-state index in [1.165, 1.54) is 7.11 Å². The van der Waals surface area contributed by atoms with E-state index in [-0.39, 0.29) is 12.3 Å². The molecule has 4 rings (SSSR count). The van der Waals surface area contributed by atoms with Crippen LogP contribution >= 0.6 is 0 Å². The zero-order chi connectivity index (χ0) is 19.0. The fourth-order valence-corrected chi connectivity index (χ4v) is 3.53. The van der Waals surface area contributed by atoms with Crippen LogP contribution in [0, 0.1) is 0 Å². The second kappa shape index (κ2) is 6.42. The summed E-state index contributed by atoms with van der Waals surface area (Å²) in [5.41, 5.74) is -0.148. The first-order chi connectivity index (χ1) is 13.0. The van der Waals surface area contributed by atoms with E-state index in [2.05, 4.69) is 5.32 Å². The van der Waals surface area contributed by atoms with Gasteiger partial charge in [-0.3, -0.25) is 14.5 Å². The zero-order valence-electron chi connectivity index (χ0n) is 14.7. The summed E-state index contributed by atoms with van der Waals surface area (Å²) in [6.07, 6.45) is 0.321. The highest BCUT2D eigenvalue weighted by atomic mass is 16.5. The third-order valence-electron chi connectivity index (χ3n) is 4.97. The SMILES string of the molecule is COc1ccc(C(=O)CN2C(=O)N[C@]3(CCOc4ccccc43)C2=O)cc1. The molecule has 2 aliphatic heterocycles. The summed E-state index contributed by atoms with van der Waals surface area (Å²) in [6, 6.07) is 13.1. The molecule has 0 aliphatic carbocycles. The summed E-state index contributed by atoms with van der Waals surface area (Å²) >= 11 is 0. The molecule has 0 radical (unpaired) electrons. The minimum atomic E-state index is -1.17. The Morgan fingerprint density at radius 1 is 1.19 bits per heavy atom. The van der Waals surface area contributed by atoms with E-state index in [9.17, 15) is 14.4 Å².